The molecule has 0 radical (unpaired) electrons. The van der Waals surface area contributed by atoms with Gasteiger partial charge in [0, 0.05) is 11.3 Å². The van der Waals surface area contributed by atoms with E-state index in [2.05, 4.69) is 9.46 Å². The summed E-state index contributed by atoms with van der Waals surface area (Å²) in [4.78, 5) is 0. The quantitative estimate of drug-likeness (QED) is 0.880. The molecule has 4 nitrogen and oxygen atoms in total. The van der Waals surface area contributed by atoms with Crippen molar-refractivity contribution in [2.75, 3.05) is 11.0 Å². The molecule has 0 bridgehead atoms. The van der Waals surface area contributed by atoms with Crippen molar-refractivity contribution in [1.82, 2.24) is 0 Å². The van der Waals surface area contributed by atoms with Crippen LogP contribution in [0.4, 0.5) is 18.9 Å². The van der Waals surface area contributed by atoms with E-state index >= 15 is 0 Å². The van der Waals surface area contributed by atoms with Gasteiger partial charge in [-0.05, 0) is 29.8 Å². The third-order valence-electron chi connectivity index (χ3n) is 2.67. The number of rotatable bonds is 4. The minimum absolute atomic E-state index is 0.253. The van der Waals surface area contributed by atoms with Crippen molar-refractivity contribution < 1.29 is 26.3 Å². The van der Waals surface area contributed by atoms with Crippen molar-refractivity contribution in [3.63, 3.8) is 0 Å². The smallest absolute Gasteiger partial charge is 0.406 e. The molecule has 2 rings (SSSR count). The number of anilines is 1. The van der Waals surface area contributed by atoms with E-state index in [1.165, 1.54) is 36.4 Å². The third kappa shape index (κ3) is 5.33. The van der Waals surface area contributed by atoms with Crippen LogP contribution in [0.2, 0.25) is 5.02 Å². The Morgan fingerprint density at radius 3 is 2.17 bits per heavy atom. The Morgan fingerprint density at radius 1 is 1.09 bits per heavy atom. The van der Waals surface area contributed by atoms with Crippen molar-refractivity contribution in [1.29, 1.82) is 0 Å². The van der Waals surface area contributed by atoms with Crippen LogP contribution >= 0.6 is 11.6 Å². The van der Waals surface area contributed by atoms with E-state index in [1.54, 1.807) is 6.07 Å². The first kappa shape index (κ1) is 17.4. The van der Waals surface area contributed by atoms with E-state index < -0.39 is 16.4 Å². The zero-order valence-corrected chi connectivity index (χ0v) is 13.3. The Bertz CT molecular complexity index is 805. The van der Waals surface area contributed by atoms with Crippen molar-refractivity contribution >= 4 is 27.3 Å². The summed E-state index contributed by atoms with van der Waals surface area (Å²) >= 11 is 6.09. The van der Waals surface area contributed by atoms with Gasteiger partial charge in [0.1, 0.15) is 5.75 Å². The zero-order chi connectivity index (χ0) is 17.3. The minimum Gasteiger partial charge on any atom is -0.406 e. The molecule has 0 aromatic heterocycles. The number of sulfonamides is 1. The fourth-order valence-corrected chi connectivity index (χ4v) is 2.71. The van der Waals surface area contributed by atoms with Gasteiger partial charge in [-0.25, -0.2) is 8.42 Å². The normalized spacial score (nSPS) is 12.0. The van der Waals surface area contributed by atoms with E-state index in [0.717, 1.165) is 6.26 Å². The van der Waals surface area contributed by atoms with Gasteiger partial charge in [-0.1, -0.05) is 29.8 Å². The molecule has 0 saturated carbocycles. The predicted octanol–water partition coefficient (Wildman–Crippen LogP) is 4.28. The Morgan fingerprint density at radius 2 is 1.70 bits per heavy atom. The summed E-state index contributed by atoms with van der Waals surface area (Å²) in [6.07, 6.45) is -3.74. The Hall–Kier alpha value is -1.93. The highest BCUT2D eigenvalue weighted by Gasteiger charge is 2.30. The predicted molar refractivity (Wildman–Crippen MR) is 82.0 cm³/mol. The van der Waals surface area contributed by atoms with Gasteiger partial charge in [0.05, 0.1) is 11.3 Å². The number of hydrogen-bond acceptors (Lipinski definition) is 3. The Kier molecular flexibility index (Phi) is 4.76. The summed E-state index contributed by atoms with van der Waals surface area (Å²) in [6, 6.07) is 9.66. The molecule has 124 valence electrons. The topological polar surface area (TPSA) is 55.4 Å². The number of ether oxygens (including phenoxy) is 1. The molecule has 0 aliphatic rings. The van der Waals surface area contributed by atoms with Crippen molar-refractivity contribution in [2.24, 2.45) is 0 Å². The number of hydrogen-bond donors (Lipinski definition) is 1. The zero-order valence-electron chi connectivity index (χ0n) is 11.7. The van der Waals surface area contributed by atoms with E-state index in [0.29, 0.717) is 16.8 Å². The number of benzene rings is 2. The molecule has 0 unspecified atom stereocenters. The lowest BCUT2D eigenvalue weighted by Crippen LogP contribution is -2.16. The van der Waals surface area contributed by atoms with Crippen LogP contribution < -0.4 is 9.46 Å². The van der Waals surface area contributed by atoms with Gasteiger partial charge in [0.15, 0.2) is 0 Å². The van der Waals surface area contributed by atoms with Crippen LogP contribution in [-0.2, 0) is 10.0 Å². The van der Waals surface area contributed by atoms with Crippen LogP contribution in [0.5, 0.6) is 5.75 Å². The van der Waals surface area contributed by atoms with Gasteiger partial charge in [-0.2, -0.15) is 0 Å². The molecule has 0 heterocycles. The van der Waals surface area contributed by atoms with Crippen LogP contribution in [0.15, 0.2) is 42.5 Å². The second-order valence-electron chi connectivity index (χ2n) is 4.64. The molecular formula is C14H11ClF3NO3S. The Labute approximate surface area is 135 Å². The van der Waals surface area contributed by atoms with E-state index in [9.17, 15) is 21.6 Å². The average Bonchev–Trinajstić information content (AvgIpc) is 2.36. The Balaban J connectivity index is 2.25. The second kappa shape index (κ2) is 6.29. The average molecular weight is 366 g/mol. The number of nitrogens with one attached hydrogen (secondary N) is 1. The lowest BCUT2D eigenvalue weighted by atomic mass is 10.1. The van der Waals surface area contributed by atoms with E-state index in [4.69, 9.17) is 11.6 Å². The monoisotopic (exact) mass is 365 g/mol. The molecule has 1 N–H and O–H groups in total. The molecule has 2 aromatic rings. The number of halogens is 4. The maximum Gasteiger partial charge on any atom is 0.573 e. The summed E-state index contributed by atoms with van der Waals surface area (Å²) in [5.74, 6) is -0.340. The molecule has 23 heavy (non-hydrogen) atoms. The fourth-order valence-electron chi connectivity index (χ4n) is 1.86. The van der Waals surface area contributed by atoms with Gasteiger partial charge in [0.2, 0.25) is 10.0 Å². The third-order valence-corrected chi connectivity index (χ3v) is 3.59. The van der Waals surface area contributed by atoms with Crippen LogP contribution in [-0.4, -0.2) is 21.0 Å². The largest absolute Gasteiger partial charge is 0.573 e. The molecule has 0 fully saturated rings. The first-order valence-electron chi connectivity index (χ1n) is 6.17. The highest BCUT2D eigenvalue weighted by atomic mass is 35.5. The van der Waals surface area contributed by atoms with Gasteiger partial charge in [0.25, 0.3) is 0 Å². The standard InChI is InChI=1S/C14H11ClF3NO3S/c1-23(20,21)19-10-4-7-12(13(15)8-10)9-2-5-11(6-3-9)22-14(16,17)18/h2-8,19H,1H3. The van der Waals surface area contributed by atoms with Gasteiger partial charge >= 0.3 is 6.36 Å². The van der Waals surface area contributed by atoms with Gasteiger partial charge in [-0.15, -0.1) is 13.2 Å². The molecule has 0 spiro atoms. The maximum atomic E-state index is 12.1. The van der Waals surface area contributed by atoms with Crippen molar-refractivity contribution in [2.45, 2.75) is 6.36 Å². The van der Waals surface area contributed by atoms with Crippen molar-refractivity contribution in [3.05, 3.63) is 47.5 Å². The summed E-state index contributed by atoms with van der Waals surface area (Å²) in [6.45, 7) is 0. The first-order valence-corrected chi connectivity index (χ1v) is 8.44. The maximum absolute atomic E-state index is 12.1. The van der Waals surface area contributed by atoms with Crippen LogP contribution in [0.3, 0.4) is 0 Å². The van der Waals surface area contributed by atoms with Crippen LogP contribution in [0, 0.1) is 0 Å². The lowest BCUT2D eigenvalue weighted by molar-refractivity contribution is -0.274. The van der Waals surface area contributed by atoms with E-state index in [-0.39, 0.29) is 10.8 Å². The summed E-state index contributed by atoms with van der Waals surface area (Å²) in [5, 5.41) is 0.253. The molecule has 0 atom stereocenters. The minimum atomic E-state index is -4.75. The van der Waals surface area contributed by atoms with E-state index in [1.807, 2.05) is 0 Å². The van der Waals surface area contributed by atoms with Crippen LogP contribution in [0.25, 0.3) is 11.1 Å². The highest BCUT2D eigenvalue weighted by molar-refractivity contribution is 7.92. The highest BCUT2D eigenvalue weighted by Crippen LogP contribution is 2.32. The summed E-state index contributed by atoms with van der Waals surface area (Å²) < 4.78 is 64.7. The first-order chi connectivity index (χ1) is 10.5. The lowest BCUT2D eigenvalue weighted by Gasteiger charge is -2.11. The SMILES string of the molecule is CS(=O)(=O)Nc1ccc(-c2ccc(OC(F)(F)F)cc2)c(Cl)c1. The molecule has 0 aliphatic carbocycles. The second-order valence-corrected chi connectivity index (χ2v) is 6.80. The summed E-state index contributed by atoms with van der Waals surface area (Å²) in [7, 11) is -3.43. The van der Waals surface area contributed by atoms with Gasteiger partial charge in [-0.3, -0.25) is 4.72 Å². The molecule has 0 amide bonds. The molecule has 0 aliphatic heterocycles. The molecule has 0 saturated heterocycles. The summed E-state index contributed by atoms with van der Waals surface area (Å²) in [5.41, 5.74) is 1.40. The fraction of sp³-hybridized carbons (Fsp3) is 0.143. The number of alkyl halides is 3. The van der Waals surface area contributed by atoms with Gasteiger partial charge < -0.3 is 4.74 Å². The molecule has 9 heteroatoms. The molecular weight excluding hydrogens is 355 g/mol. The van der Waals surface area contributed by atoms with Crippen molar-refractivity contribution in [3.8, 4) is 16.9 Å². The molecule has 2 aromatic carbocycles. The van der Waals surface area contributed by atoms with Crippen LogP contribution in [0.1, 0.15) is 0 Å².